The van der Waals surface area contributed by atoms with E-state index in [1.54, 1.807) is 72.5 Å². The summed E-state index contributed by atoms with van der Waals surface area (Å²) in [6.45, 7) is 5.96. The monoisotopic (exact) mass is 666 g/mol. The van der Waals surface area contributed by atoms with Crippen LogP contribution in [0.5, 0.6) is 5.75 Å². The first-order valence-corrected chi connectivity index (χ1v) is 17.4. The van der Waals surface area contributed by atoms with E-state index in [0.29, 0.717) is 30.2 Å². The zero-order chi connectivity index (χ0) is 34.0. The molecule has 3 N–H and O–H groups in total. The number of likely N-dealkylation sites (N-methyl/N-ethyl adjacent to an activating group) is 1. The number of nitrogens with one attached hydrogen (secondary N) is 2. The number of amides is 3. The lowest BCUT2D eigenvalue weighted by molar-refractivity contribution is -0.00833. The number of fused-ring (bicyclic) bond motifs is 1. The first-order valence-electron chi connectivity index (χ1n) is 16.0. The predicted octanol–water partition coefficient (Wildman–Crippen LogP) is 5.45. The summed E-state index contributed by atoms with van der Waals surface area (Å²) < 4.78 is 40.6. The van der Waals surface area contributed by atoms with Gasteiger partial charge in [0.2, 0.25) is 10.0 Å². The molecule has 0 aliphatic carbocycles. The highest BCUT2D eigenvalue weighted by Gasteiger charge is 2.32. The number of anilines is 2. The number of ether oxygens (including phenoxy) is 2. The highest BCUT2D eigenvalue weighted by molar-refractivity contribution is 7.89. The molecule has 0 radical (unpaired) electrons. The van der Waals surface area contributed by atoms with Gasteiger partial charge in [-0.05, 0) is 75.6 Å². The van der Waals surface area contributed by atoms with Gasteiger partial charge in [0, 0.05) is 44.0 Å². The van der Waals surface area contributed by atoms with Crippen molar-refractivity contribution < 1.29 is 32.6 Å². The van der Waals surface area contributed by atoms with Crippen molar-refractivity contribution in [3.05, 3.63) is 84.4 Å². The van der Waals surface area contributed by atoms with Gasteiger partial charge in [0.25, 0.3) is 5.91 Å². The Morgan fingerprint density at radius 3 is 2.34 bits per heavy atom. The van der Waals surface area contributed by atoms with Crippen molar-refractivity contribution in [1.82, 2.24) is 9.21 Å². The number of hydrogen-bond acceptors (Lipinski definition) is 7. The molecule has 47 heavy (non-hydrogen) atoms. The van der Waals surface area contributed by atoms with Crippen LogP contribution in [-0.2, 0) is 14.8 Å². The number of benzene rings is 3. The average Bonchev–Trinajstić information content (AvgIpc) is 3.06. The first kappa shape index (κ1) is 35.9. The Balaban J connectivity index is 1.63. The highest BCUT2D eigenvalue weighted by Crippen LogP contribution is 2.29. The minimum absolute atomic E-state index is 0.0780. The fraction of sp³-hybridized carbons (Fsp3) is 0.429. The van der Waals surface area contributed by atoms with Crippen molar-refractivity contribution >= 4 is 33.3 Å². The molecule has 254 valence electrons. The van der Waals surface area contributed by atoms with Crippen LogP contribution >= 0.6 is 0 Å². The van der Waals surface area contributed by atoms with Crippen LogP contribution in [0.2, 0.25) is 0 Å². The molecule has 4 atom stereocenters. The topological polar surface area (TPSA) is 138 Å². The number of urea groups is 1. The molecule has 0 fully saturated rings. The molecule has 0 spiro atoms. The van der Waals surface area contributed by atoms with E-state index in [2.05, 4.69) is 10.6 Å². The number of para-hydroxylation sites is 1. The Hall–Kier alpha value is -3.97. The Kier molecular flexibility index (Phi) is 12.8. The van der Waals surface area contributed by atoms with E-state index in [9.17, 15) is 23.1 Å². The minimum Gasteiger partial charge on any atom is -0.490 e. The fourth-order valence-corrected chi connectivity index (χ4v) is 6.61. The van der Waals surface area contributed by atoms with Gasteiger partial charge in [0.05, 0.1) is 35.3 Å². The van der Waals surface area contributed by atoms with Crippen LogP contribution in [0.1, 0.15) is 50.4 Å². The van der Waals surface area contributed by atoms with Gasteiger partial charge in [-0.15, -0.1) is 0 Å². The van der Waals surface area contributed by atoms with Crippen LogP contribution < -0.4 is 15.4 Å². The van der Waals surface area contributed by atoms with E-state index in [4.69, 9.17) is 9.47 Å². The number of carbonyl (C=O) groups is 2. The summed E-state index contributed by atoms with van der Waals surface area (Å²) in [4.78, 5) is 28.8. The van der Waals surface area contributed by atoms with E-state index in [-0.39, 0.29) is 42.2 Å². The molecular weight excluding hydrogens is 620 g/mol. The molecule has 0 aromatic heterocycles. The number of carbonyl (C=O) groups excluding carboxylic acids is 2. The van der Waals surface area contributed by atoms with Crippen molar-refractivity contribution in [2.75, 3.05) is 44.0 Å². The molecule has 11 nitrogen and oxygen atoms in total. The van der Waals surface area contributed by atoms with Gasteiger partial charge in [-0.3, -0.25) is 4.79 Å². The first-order chi connectivity index (χ1) is 22.5. The molecule has 1 aliphatic rings. The third-order valence-electron chi connectivity index (χ3n) is 8.23. The van der Waals surface area contributed by atoms with Gasteiger partial charge >= 0.3 is 6.03 Å². The minimum atomic E-state index is -3.77. The number of rotatable bonds is 8. The Morgan fingerprint density at radius 1 is 1.00 bits per heavy atom. The van der Waals surface area contributed by atoms with Crippen molar-refractivity contribution in [1.29, 1.82) is 0 Å². The van der Waals surface area contributed by atoms with Crippen molar-refractivity contribution in [2.24, 2.45) is 5.92 Å². The van der Waals surface area contributed by atoms with E-state index in [1.165, 1.54) is 11.4 Å². The van der Waals surface area contributed by atoms with Crippen LogP contribution in [0, 0.1) is 5.92 Å². The van der Waals surface area contributed by atoms with Gasteiger partial charge in [-0.1, -0.05) is 43.3 Å². The molecule has 0 saturated carbocycles. The Labute approximate surface area is 277 Å². The molecule has 3 aromatic carbocycles. The summed E-state index contributed by atoms with van der Waals surface area (Å²) in [5.41, 5.74) is 1.24. The maximum absolute atomic E-state index is 14.3. The molecule has 0 bridgehead atoms. The third kappa shape index (κ3) is 9.77. The predicted molar refractivity (Wildman–Crippen MR) is 182 cm³/mol. The van der Waals surface area contributed by atoms with Crippen molar-refractivity contribution in [3.8, 4) is 5.75 Å². The summed E-state index contributed by atoms with van der Waals surface area (Å²) in [6, 6.07) is 21.1. The molecular formula is C35H46N4O7S. The van der Waals surface area contributed by atoms with Crippen LogP contribution in [0.15, 0.2) is 83.8 Å². The van der Waals surface area contributed by atoms with Crippen LogP contribution in [-0.4, -0.2) is 86.3 Å². The van der Waals surface area contributed by atoms with Crippen LogP contribution in [0.4, 0.5) is 16.2 Å². The highest BCUT2D eigenvalue weighted by atomic mass is 32.2. The van der Waals surface area contributed by atoms with Gasteiger partial charge in [-0.2, -0.15) is 4.31 Å². The average molecular weight is 667 g/mol. The van der Waals surface area contributed by atoms with E-state index in [0.717, 1.165) is 12.8 Å². The number of hydrogen-bond donors (Lipinski definition) is 3. The second kappa shape index (κ2) is 16.7. The molecule has 12 heteroatoms. The zero-order valence-electron chi connectivity index (χ0n) is 27.5. The standard InChI is InChI=1S/C35H46N4O7S/c1-25-22-39(26(2)24-40)34(41)31-21-29(37-35(42)36-28-14-7-5-8-15-28)18-19-32(31)46-27(3)13-11-12-20-45-33(25)23-38(4)47(43,44)30-16-9-6-10-17-30/h5-10,14-19,21,25-27,33,40H,11-13,20,22-24H2,1-4H3,(H2,36,37,42)/t25-,26+,27+,33+/m1/s1. The summed E-state index contributed by atoms with van der Waals surface area (Å²) in [7, 11) is -2.25. The second-order valence-corrected chi connectivity index (χ2v) is 14.1. The second-order valence-electron chi connectivity index (χ2n) is 12.1. The van der Waals surface area contributed by atoms with Crippen molar-refractivity contribution in [2.45, 2.75) is 63.2 Å². The fourth-order valence-electron chi connectivity index (χ4n) is 5.40. The molecule has 0 saturated heterocycles. The SMILES string of the molecule is C[C@@H]1CN([C@@H](C)CO)C(=O)c2cc(NC(=O)Nc3ccccc3)ccc2O[C@@H](C)CCCCO[C@H]1CN(C)S(=O)(=O)c1ccccc1. The lowest BCUT2D eigenvalue weighted by atomic mass is 10.0. The van der Waals surface area contributed by atoms with Crippen LogP contribution in [0.3, 0.4) is 0 Å². The number of nitrogens with zero attached hydrogens (tertiary/aromatic N) is 2. The van der Waals surface area contributed by atoms with Gasteiger partial charge in [0.15, 0.2) is 0 Å². The lowest BCUT2D eigenvalue weighted by Gasteiger charge is -2.35. The van der Waals surface area contributed by atoms with Crippen molar-refractivity contribution in [3.63, 3.8) is 0 Å². The quantitative estimate of drug-likeness (QED) is 0.291. The van der Waals surface area contributed by atoms with E-state index in [1.807, 2.05) is 32.0 Å². The zero-order valence-corrected chi connectivity index (χ0v) is 28.3. The number of aliphatic hydroxyl groups excluding tert-OH is 1. The van der Waals surface area contributed by atoms with Crippen LogP contribution in [0.25, 0.3) is 0 Å². The molecule has 1 heterocycles. The summed E-state index contributed by atoms with van der Waals surface area (Å²) in [5, 5.41) is 15.8. The summed E-state index contributed by atoms with van der Waals surface area (Å²) in [6.07, 6.45) is 1.50. The molecule has 3 aromatic rings. The number of aliphatic hydroxyl groups is 1. The maximum atomic E-state index is 14.3. The van der Waals surface area contributed by atoms with Gasteiger partial charge < -0.3 is 30.1 Å². The normalized spacial score (nSPS) is 20.4. The maximum Gasteiger partial charge on any atom is 0.323 e. The van der Waals surface area contributed by atoms with Gasteiger partial charge in [-0.25, -0.2) is 13.2 Å². The summed E-state index contributed by atoms with van der Waals surface area (Å²) >= 11 is 0. The molecule has 0 unspecified atom stereocenters. The summed E-state index contributed by atoms with van der Waals surface area (Å²) in [5.74, 6) is -0.336. The molecule has 3 amide bonds. The Morgan fingerprint density at radius 2 is 1.66 bits per heavy atom. The third-order valence-corrected chi connectivity index (χ3v) is 10.1. The Bertz CT molecular complexity index is 1570. The molecule has 4 rings (SSSR count). The lowest BCUT2D eigenvalue weighted by Crippen LogP contribution is -2.48. The van der Waals surface area contributed by atoms with E-state index < -0.39 is 34.1 Å². The van der Waals surface area contributed by atoms with E-state index >= 15 is 0 Å². The largest absolute Gasteiger partial charge is 0.490 e. The smallest absolute Gasteiger partial charge is 0.323 e. The molecule has 1 aliphatic heterocycles. The number of sulfonamides is 1. The van der Waals surface area contributed by atoms with Gasteiger partial charge in [0.1, 0.15) is 5.75 Å².